The second-order valence-corrected chi connectivity index (χ2v) is 4.05. The van der Waals surface area contributed by atoms with Gasteiger partial charge in [-0.05, 0) is 17.5 Å². The van der Waals surface area contributed by atoms with Gasteiger partial charge in [0.05, 0.1) is 5.56 Å². The highest BCUT2D eigenvalue weighted by Crippen LogP contribution is 2.23. The van der Waals surface area contributed by atoms with Gasteiger partial charge in [0.2, 0.25) is 0 Å². The van der Waals surface area contributed by atoms with E-state index in [-0.39, 0.29) is 12.1 Å². The van der Waals surface area contributed by atoms with Gasteiger partial charge < -0.3 is 4.74 Å². The van der Waals surface area contributed by atoms with Crippen molar-refractivity contribution >= 4 is 5.97 Å². The van der Waals surface area contributed by atoms with E-state index in [9.17, 15) is 4.79 Å². The third-order valence-electron chi connectivity index (χ3n) is 2.66. The SMILES string of the molecule is CC(C)C1Cc2ccccc2C(=O)O1. The molecule has 0 saturated carbocycles. The van der Waals surface area contributed by atoms with Gasteiger partial charge in [-0.2, -0.15) is 0 Å². The zero-order valence-electron chi connectivity index (χ0n) is 8.49. The highest BCUT2D eigenvalue weighted by molar-refractivity contribution is 5.92. The molecule has 14 heavy (non-hydrogen) atoms. The van der Waals surface area contributed by atoms with Crippen molar-refractivity contribution in [1.82, 2.24) is 0 Å². The van der Waals surface area contributed by atoms with E-state index < -0.39 is 0 Å². The quantitative estimate of drug-likeness (QED) is 0.636. The number of cyclic esters (lactones) is 1. The van der Waals surface area contributed by atoms with E-state index in [1.165, 1.54) is 0 Å². The minimum Gasteiger partial charge on any atom is -0.458 e. The summed E-state index contributed by atoms with van der Waals surface area (Å²) in [6.07, 6.45) is 0.886. The van der Waals surface area contributed by atoms with Gasteiger partial charge in [-0.25, -0.2) is 4.79 Å². The molecule has 2 nitrogen and oxygen atoms in total. The largest absolute Gasteiger partial charge is 0.458 e. The van der Waals surface area contributed by atoms with E-state index in [4.69, 9.17) is 4.74 Å². The van der Waals surface area contributed by atoms with Crippen LogP contribution >= 0.6 is 0 Å². The van der Waals surface area contributed by atoms with Crippen LogP contribution in [0.25, 0.3) is 0 Å². The molecule has 1 aromatic rings. The first kappa shape index (κ1) is 9.25. The van der Waals surface area contributed by atoms with Gasteiger partial charge in [-0.1, -0.05) is 32.0 Å². The molecule has 1 atom stereocenters. The lowest BCUT2D eigenvalue weighted by Gasteiger charge is -2.27. The summed E-state index contributed by atoms with van der Waals surface area (Å²) in [5.74, 6) is 0.206. The second-order valence-electron chi connectivity index (χ2n) is 4.05. The van der Waals surface area contributed by atoms with Crippen LogP contribution in [0.1, 0.15) is 29.8 Å². The van der Waals surface area contributed by atoms with Gasteiger partial charge >= 0.3 is 5.97 Å². The fourth-order valence-corrected chi connectivity index (χ4v) is 1.73. The fourth-order valence-electron chi connectivity index (χ4n) is 1.73. The molecule has 1 aromatic carbocycles. The minimum absolute atomic E-state index is 0.0393. The number of carbonyl (C=O) groups excluding carboxylic acids is 1. The van der Waals surface area contributed by atoms with Crippen LogP contribution in [0, 0.1) is 5.92 Å². The number of benzene rings is 1. The van der Waals surface area contributed by atoms with Gasteiger partial charge in [0.25, 0.3) is 0 Å². The molecule has 1 aliphatic heterocycles. The predicted octanol–water partition coefficient (Wildman–Crippen LogP) is 2.42. The summed E-state index contributed by atoms with van der Waals surface area (Å²) >= 11 is 0. The summed E-state index contributed by atoms with van der Waals surface area (Å²) < 4.78 is 5.34. The van der Waals surface area contributed by atoms with Crippen LogP contribution in [0.15, 0.2) is 24.3 Å². The van der Waals surface area contributed by atoms with Crippen molar-refractivity contribution < 1.29 is 9.53 Å². The summed E-state index contributed by atoms with van der Waals surface area (Å²) in [7, 11) is 0. The van der Waals surface area contributed by atoms with Crippen LogP contribution in [0.3, 0.4) is 0 Å². The molecule has 1 unspecified atom stereocenters. The van der Waals surface area contributed by atoms with Crippen LogP contribution in [-0.4, -0.2) is 12.1 Å². The Morgan fingerprint density at radius 2 is 2.07 bits per heavy atom. The smallest absolute Gasteiger partial charge is 0.338 e. The highest BCUT2D eigenvalue weighted by Gasteiger charge is 2.27. The van der Waals surface area contributed by atoms with Crippen molar-refractivity contribution in [2.75, 3.05) is 0 Å². The average Bonchev–Trinajstić information content (AvgIpc) is 2.17. The van der Waals surface area contributed by atoms with E-state index in [1.54, 1.807) is 0 Å². The maximum atomic E-state index is 11.6. The van der Waals surface area contributed by atoms with Crippen molar-refractivity contribution in [3.8, 4) is 0 Å². The van der Waals surface area contributed by atoms with Crippen LogP contribution in [-0.2, 0) is 11.2 Å². The molecule has 1 aliphatic rings. The molecule has 0 spiro atoms. The fraction of sp³-hybridized carbons (Fsp3) is 0.417. The Morgan fingerprint density at radius 3 is 2.79 bits per heavy atom. The van der Waals surface area contributed by atoms with Crippen molar-refractivity contribution in [2.24, 2.45) is 5.92 Å². The molecule has 0 aromatic heterocycles. The summed E-state index contributed by atoms with van der Waals surface area (Å²) in [5, 5.41) is 0. The second kappa shape index (κ2) is 3.45. The number of hydrogen-bond donors (Lipinski definition) is 0. The summed E-state index contributed by atoms with van der Waals surface area (Å²) in [6, 6.07) is 7.67. The van der Waals surface area contributed by atoms with Crippen molar-refractivity contribution in [3.63, 3.8) is 0 Å². The Kier molecular flexibility index (Phi) is 2.28. The monoisotopic (exact) mass is 190 g/mol. The highest BCUT2D eigenvalue weighted by atomic mass is 16.5. The third kappa shape index (κ3) is 1.52. The normalized spacial score (nSPS) is 20.5. The van der Waals surface area contributed by atoms with Crippen LogP contribution in [0.4, 0.5) is 0 Å². The maximum absolute atomic E-state index is 11.6. The summed E-state index contributed by atoms with van der Waals surface area (Å²) in [5.41, 5.74) is 1.84. The number of fused-ring (bicyclic) bond motifs is 1. The Labute approximate surface area is 83.9 Å². The molecule has 2 rings (SSSR count). The number of esters is 1. The van der Waals surface area contributed by atoms with Crippen molar-refractivity contribution in [3.05, 3.63) is 35.4 Å². The molecule has 1 heterocycles. The first-order valence-corrected chi connectivity index (χ1v) is 4.97. The Morgan fingerprint density at radius 1 is 1.36 bits per heavy atom. The molecule has 0 bridgehead atoms. The standard InChI is InChI=1S/C12H14O2/c1-8(2)11-7-9-5-3-4-6-10(9)12(13)14-11/h3-6,8,11H,7H2,1-2H3. The van der Waals surface area contributed by atoms with E-state index in [0.29, 0.717) is 5.92 Å². The van der Waals surface area contributed by atoms with Gasteiger partial charge in [0, 0.05) is 6.42 Å². The molecule has 0 radical (unpaired) electrons. The topological polar surface area (TPSA) is 26.3 Å². The van der Waals surface area contributed by atoms with Gasteiger partial charge in [-0.15, -0.1) is 0 Å². The number of carbonyl (C=O) groups is 1. The lowest BCUT2D eigenvalue weighted by molar-refractivity contribution is 0.0136. The van der Waals surface area contributed by atoms with Crippen molar-refractivity contribution in [2.45, 2.75) is 26.4 Å². The molecular formula is C12H14O2. The molecule has 0 amide bonds. The van der Waals surface area contributed by atoms with E-state index in [1.807, 2.05) is 24.3 Å². The Balaban J connectivity index is 2.33. The molecule has 0 N–H and O–H groups in total. The van der Waals surface area contributed by atoms with E-state index >= 15 is 0 Å². The first-order chi connectivity index (χ1) is 6.68. The van der Waals surface area contributed by atoms with Crippen LogP contribution in [0.2, 0.25) is 0 Å². The maximum Gasteiger partial charge on any atom is 0.338 e. The number of hydrogen-bond acceptors (Lipinski definition) is 2. The first-order valence-electron chi connectivity index (χ1n) is 4.97. The molecule has 0 saturated heterocycles. The Hall–Kier alpha value is -1.31. The molecule has 0 fully saturated rings. The van der Waals surface area contributed by atoms with Gasteiger partial charge in [0.1, 0.15) is 6.10 Å². The average molecular weight is 190 g/mol. The molecule has 0 aliphatic carbocycles. The molecule has 2 heteroatoms. The van der Waals surface area contributed by atoms with Crippen molar-refractivity contribution in [1.29, 1.82) is 0 Å². The Bertz CT molecular complexity index is 355. The zero-order valence-corrected chi connectivity index (χ0v) is 8.49. The van der Waals surface area contributed by atoms with Crippen LogP contribution in [0.5, 0.6) is 0 Å². The zero-order chi connectivity index (χ0) is 10.1. The van der Waals surface area contributed by atoms with E-state index in [2.05, 4.69) is 13.8 Å². The van der Waals surface area contributed by atoms with Crippen LogP contribution < -0.4 is 0 Å². The van der Waals surface area contributed by atoms with E-state index in [0.717, 1.165) is 17.5 Å². The number of ether oxygens (including phenoxy) is 1. The lowest BCUT2D eigenvalue weighted by Crippen LogP contribution is -2.31. The lowest BCUT2D eigenvalue weighted by atomic mass is 9.93. The summed E-state index contributed by atoms with van der Waals surface area (Å²) in [6.45, 7) is 4.15. The summed E-state index contributed by atoms with van der Waals surface area (Å²) in [4.78, 5) is 11.6. The molecule has 74 valence electrons. The van der Waals surface area contributed by atoms with Gasteiger partial charge in [-0.3, -0.25) is 0 Å². The molecular weight excluding hydrogens is 176 g/mol. The third-order valence-corrected chi connectivity index (χ3v) is 2.66. The van der Waals surface area contributed by atoms with Gasteiger partial charge in [0.15, 0.2) is 0 Å². The number of rotatable bonds is 1. The predicted molar refractivity (Wildman–Crippen MR) is 54.2 cm³/mol. The minimum atomic E-state index is -0.175.